The van der Waals surface area contributed by atoms with Gasteiger partial charge in [-0.05, 0) is 36.5 Å². The van der Waals surface area contributed by atoms with Gasteiger partial charge in [0.15, 0.2) is 11.6 Å². The molecule has 0 heterocycles. The second kappa shape index (κ2) is 5.60. The molecule has 0 bridgehead atoms. The molecule has 0 fully saturated rings. The predicted molar refractivity (Wildman–Crippen MR) is 62.4 cm³/mol. The molecule has 0 spiro atoms. The Balaban J connectivity index is 2.82. The molecule has 4 heteroatoms. The Bertz CT molecular complexity index is 366. The zero-order valence-electron chi connectivity index (χ0n) is 9.43. The van der Waals surface area contributed by atoms with Crippen LogP contribution in [-0.4, -0.2) is 0 Å². The Labute approximate surface area is 99.6 Å². The Morgan fingerprint density at radius 3 is 2.31 bits per heavy atom. The molecule has 0 radical (unpaired) electrons. The smallest absolute Gasteiger partial charge is 0.160 e. The van der Waals surface area contributed by atoms with E-state index in [-0.39, 0.29) is 11.1 Å². The van der Waals surface area contributed by atoms with Gasteiger partial charge in [0, 0.05) is 11.1 Å². The first-order chi connectivity index (χ1) is 7.41. The van der Waals surface area contributed by atoms with Gasteiger partial charge in [-0.25, -0.2) is 8.78 Å². The summed E-state index contributed by atoms with van der Waals surface area (Å²) in [6.07, 6.45) is 1.64. The highest BCUT2D eigenvalue weighted by molar-refractivity contribution is 6.31. The van der Waals surface area contributed by atoms with Gasteiger partial charge in [-0.2, -0.15) is 0 Å². The minimum atomic E-state index is -0.940. The minimum absolute atomic E-state index is 0.190. The summed E-state index contributed by atoms with van der Waals surface area (Å²) in [6, 6.07) is 1.72. The average molecular weight is 248 g/mol. The van der Waals surface area contributed by atoms with Gasteiger partial charge in [-0.3, -0.25) is 0 Å². The van der Waals surface area contributed by atoms with Gasteiger partial charge < -0.3 is 5.73 Å². The lowest BCUT2D eigenvalue weighted by atomic mass is 9.98. The van der Waals surface area contributed by atoms with Crippen molar-refractivity contribution in [1.29, 1.82) is 0 Å². The van der Waals surface area contributed by atoms with E-state index in [0.717, 1.165) is 18.6 Å². The molecular formula is C12H16ClF2N. The zero-order valence-corrected chi connectivity index (χ0v) is 10.2. The van der Waals surface area contributed by atoms with Crippen LogP contribution in [0.1, 0.15) is 38.3 Å². The Morgan fingerprint density at radius 2 is 1.75 bits per heavy atom. The number of halogens is 3. The fourth-order valence-electron chi connectivity index (χ4n) is 1.49. The maximum atomic E-state index is 13.0. The molecule has 0 aliphatic carbocycles. The Morgan fingerprint density at radius 1 is 1.19 bits per heavy atom. The van der Waals surface area contributed by atoms with Crippen LogP contribution in [0, 0.1) is 17.6 Å². The fraction of sp³-hybridized carbons (Fsp3) is 0.500. The molecule has 1 rings (SSSR count). The van der Waals surface area contributed by atoms with Gasteiger partial charge in [0.2, 0.25) is 0 Å². The molecule has 0 amide bonds. The molecule has 1 unspecified atom stereocenters. The molecule has 90 valence electrons. The SMILES string of the molecule is CC(C)CCC(N)c1cc(F)c(F)cc1Cl. The second-order valence-corrected chi connectivity index (χ2v) is 4.77. The summed E-state index contributed by atoms with van der Waals surface area (Å²) < 4.78 is 25.9. The third kappa shape index (κ3) is 3.42. The maximum Gasteiger partial charge on any atom is 0.160 e. The van der Waals surface area contributed by atoms with Crippen LogP contribution < -0.4 is 5.73 Å². The maximum absolute atomic E-state index is 13.0. The Kier molecular flexibility index (Phi) is 4.69. The first-order valence-electron chi connectivity index (χ1n) is 5.31. The van der Waals surface area contributed by atoms with E-state index in [9.17, 15) is 8.78 Å². The highest BCUT2D eigenvalue weighted by Crippen LogP contribution is 2.27. The van der Waals surface area contributed by atoms with E-state index in [2.05, 4.69) is 13.8 Å². The molecule has 16 heavy (non-hydrogen) atoms. The molecule has 0 aliphatic rings. The first-order valence-corrected chi connectivity index (χ1v) is 5.69. The largest absolute Gasteiger partial charge is 0.324 e. The number of nitrogens with two attached hydrogens (primary N) is 1. The van der Waals surface area contributed by atoms with Crippen molar-refractivity contribution in [3.63, 3.8) is 0 Å². The first kappa shape index (κ1) is 13.4. The van der Waals surface area contributed by atoms with Crippen molar-refractivity contribution in [3.8, 4) is 0 Å². The molecule has 0 saturated carbocycles. The van der Waals surface area contributed by atoms with Crippen LogP contribution in [0.15, 0.2) is 12.1 Å². The zero-order chi connectivity index (χ0) is 12.3. The summed E-state index contributed by atoms with van der Waals surface area (Å²) in [4.78, 5) is 0. The van der Waals surface area contributed by atoms with Gasteiger partial charge in [0.05, 0.1) is 0 Å². The van der Waals surface area contributed by atoms with E-state index >= 15 is 0 Å². The highest BCUT2D eigenvalue weighted by Gasteiger charge is 2.14. The van der Waals surface area contributed by atoms with Crippen molar-refractivity contribution in [3.05, 3.63) is 34.4 Å². The van der Waals surface area contributed by atoms with Crippen LogP contribution >= 0.6 is 11.6 Å². The summed E-state index contributed by atoms with van der Waals surface area (Å²) in [5.41, 5.74) is 6.36. The lowest BCUT2D eigenvalue weighted by Crippen LogP contribution is -2.12. The summed E-state index contributed by atoms with van der Waals surface area (Å²) in [7, 11) is 0. The predicted octanol–water partition coefficient (Wildman–Crippen LogP) is 4.05. The molecule has 1 atom stereocenters. The standard InChI is InChI=1S/C12H16ClF2N/c1-7(2)3-4-12(16)8-5-10(14)11(15)6-9(8)13/h5-7,12H,3-4,16H2,1-2H3. The second-order valence-electron chi connectivity index (χ2n) is 4.37. The van der Waals surface area contributed by atoms with E-state index in [1.807, 2.05) is 0 Å². The van der Waals surface area contributed by atoms with Crippen molar-refractivity contribution in [2.75, 3.05) is 0 Å². The topological polar surface area (TPSA) is 26.0 Å². The average Bonchev–Trinajstić information content (AvgIpc) is 2.20. The van der Waals surface area contributed by atoms with Crippen molar-refractivity contribution in [2.45, 2.75) is 32.7 Å². The molecule has 1 nitrogen and oxygen atoms in total. The monoisotopic (exact) mass is 247 g/mol. The number of hydrogen-bond donors (Lipinski definition) is 1. The van der Waals surface area contributed by atoms with Crippen LogP contribution in [0.5, 0.6) is 0 Å². The molecule has 1 aromatic rings. The van der Waals surface area contributed by atoms with Crippen LogP contribution in [0.4, 0.5) is 8.78 Å². The van der Waals surface area contributed by atoms with Gasteiger partial charge >= 0.3 is 0 Å². The van der Waals surface area contributed by atoms with E-state index in [1.54, 1.807) is 0 Å². The molecule has 0 saturated heterocycles. The fourth-order valence-corrected chi connectivity index (χ4v) is 1.78. The van der Waals surface area contributed by atoms with Crippen LogP contribution in [0.25, 0.3) is 0 Å². The number of rotatable bonds is 4. The number of hydrogen-bond acceptors (Lipinski definition) is 1. The summed E-state index contributed by atoms with van der Waals surface area (Å²) in [5, 5.41) is 0.190. The minimum Gasteiger partial charge on any atom is -0.324 e. The van der Waals surface area contributed by atoms with Crippen molar-refractivity contribution < 1.29 is 8.78 Å². The Hall–Kier alpha value is -0.670. The van der Waals surface area contributed by atoms with Crippen LogP contribution in [0.3, 0.4) is 0 Å². The quantitative estimate of drug-likeness (QED) is 0.798. The molecule has 0 aromatic heterocycles. The normalized spacial score (nSPS) is 13.2. The van der Waals surface area contributed by atoms with Crippen molar-refractivity contribution in [2.24, 2.45) is 11.7 Å². The van der Waals surface area contributed by atoms with E-state index in [1.165, 1.54) is 0 Å². The van der Waals surface area contributed by atoms with E-state index in [0.29, 0.717) is 17.9 Å². The molecular weight excluding hydrogens is 232 g/mol. The van der Waals surface area contributed by atoms with Gasteiger partial charge in [0.25, 0.3) is 0 Å². The van der Waals surface area contributed by atoms with Gasteiger partial charge in [0.1, 0.15) is 0 Å². The van der Waals surface area contributed by atoms with E-state index in [4.69, 9.17) is 17.3 Å². The van der Waals surface area contributed by atoms with Gasteiger partial charge in [-0.15, -0.1) is 0 Å². The summed E-state index contributed by atoms with van der Waals surface area (Å²) in [5.74, 6) is -1.32. The van der Waals surface area contributed by atoms with Gasteiger partial charge in [-0.1, -0.05) is 25.4 Å². The van der Waals surface area contributed by atoms with Crippen molar-refractivity contribution >= 4 is 11.6 Å². The van der Waals surface area contributed by atoms with Crippen LogP contribution in [-0.2, 0) is 0 Å². The highest BCUT2D eigenvalue weighted by atomic mass is 35.5. The summed E-state index contributed by atoms with van der Waals surface area (Å²) in [6.45, 7) is 4.17. The van der Waals surface area contributed by atoms with E-state index < -0.39 is 11.6 Å². The van der Waals surface area contributed by atoms with Crippen molar-refractivity contribution in [1.82, 2.24) is 0 Å². The molecule has 0 aliphatic heterocycles. The molecule has 2 N–H and O–H groups in total. The summed E-state index contributed by atoms with van der Waals surface area (Å²) >= 11 is 5.83. The lowest BCUT2D eigenvalue weighted by Gasteiger charge is -2.15. The third-order valence-corrected chi connectivity index (χ3v) is 2.82. The third-order valence-electron chi connectivity index (χ3n) is 2.49. The molecule has 1 aromatic carbocycles. The number of benzene rings is 1. The van der Waals surface area contributed by atoms with Crippen LogP contribution in [0.2, 0.25) is 5.02 Å². The lowest BCUT2D eigenvalue weighted by molar-refractivity contribution is 0.491.